The van der Waals surface area contributed by atoms with E-state index in [4.69, 9.17) is 18.1 Å². The van der Waals surface area contributed by atoms with E-state index >= 15 is 0 Å². The molecule has 2 N–H and O–H groups in total. The zero-order chi connectivity index (χ0) is 7.72. The lowest BCUT2D eigenvalue weighted by atomic mass is 9.94. The molecule has 0 bridgehead atoms. The van der Waals surface area contributed by atoms with E-state index in [1.54, 1.807) is 0 Å². The van der Waals surface area contributed by atoms with Crippen molar-refractivity contribution in [3.05, 3.63) is 0 Å². The fourth-order valence-corrected chi connectivity index (χ4v) is 0.908. The van der Waals surface area contributed by atoms with Crippen LogP contribution in [0.4, 0.5) is 4.39 Å². The zero-order valence-electron chi connectivity index (χ0n) is 5.27. The van der Waals surface area contributed by atoms with Gasteiger partial charge in [-0.1, -0.05) is 0 Å². The number of ether oxygens (including phenoxy) is 1. The van der Waals surface area contributed by atoms with Gasteiger partial charge in [0, 0.05) is 0 Å². The van der Waals surface area contributed by atoms with Crippen LogP contribution >= 0.6 is 0 Å². The van der Waals surface area contributed by atoms with Gasteiger partial charge >= 0.3 is 0 Å². The van der Waals surface area contributed by atoms with Crippen LogP contribution in [-0.4, -0.2) is 49.0 Å². The van der Waals surface area contributed by atoms with E-state index in [1.165, 1.54) is 0 Å². The number of hydrogen-bond donors (Lipinski definition) is 2. The summed E-state index contributed by atoms with van der Waals surface area (Å²) in [7, 11) is 5.07. The first-order chi connectivity index (χ1) is 4.66. The molecule has 56 valence electrons. The molecular formula is C5H8BFO3. The van der Waals surface area contributed by atoms with Gasteiger partial charge in [0.05, 0.1) is 12.6 Å². The second-order valence-corrected chi connectivity index (χ2v) is 2.26. The summed E-state index contributed by atoms with van der Waals surface area (Å²) in [6.45, 7) is -0.407. The second kappa shape index (κ2) is 2.86. The van der Waals surface area contributed by atoms with Crippen molar-refractivity contribution < 1.29 is 19.3 Å². The quantitative estimate of drug-likeness (QED) is 0.446. The predicted octanol–water partition coefficient (Wildman–Crippen LogP) is -1.43. The Morgan fingerprint density at radius 3 is 2.40 bits per heavy atom. The summed E-state index contributed by atoms with van der Waals surface area (Å²) in [4.78, 5) is 0. The summed E-state index contributed by atoms with van der Waals surface area (Å²) >= 11 is 0. The highest BCUT2D eigenvalue weighted by Crippen LogP contribution is 2.21. The van der Waals surface area contributed by atoms with Crippen molar-refractivity contribution in [2.75, 3.05) is 6.61 Å². The maximum absolute atomic E-state index is 12.5. The monoisotopic (exact) mass is 146 g/mol. The van der Waals surface area contributed by atoms with Gasteiger partial charge in [-0.25, -0.2) is 4.39 Å². The third kappa shape index (κ3) is 1.16. The topological polar surface area (TPSA) is 49.7 Å². The Hall–Kier alpha value is -0.125. The van der Waals surface area contributed by atoms with E-state index in [2.05, 4.69) is 4.74 Å². The molecule has 1 heterocycles. The van der Waals surface area contributed by atoms with Crippen molar-refractivity contribution in [2.24, 2.45) is 0 Å². The lowest BCUT2D eigenvalue weighted by Crippen LogP contribution is -2.30. The van der Waals surface area contributed by atoms with Gasteiger partial charge < -0.3 is 14.9 Å². The average Bonchev–Trinajstić information content (AvgIpc) is 2.17. The molecule has 5 heteroatoms. The summed E-state index contributed by atoms with van der Waals surface area (Å²) in [6.07, 6.45) is -3.75. The van der Waals surface area contributed by atoms with E-state index in [0.29, 0.717) is 0 Å². The number of rotatable bonds is 1. The van der Waals surface area contributed by atoms with Crippen LogP contribution < -0.4 is 0 Å². The largest absolute Gasteiger partial charge is 0.394 e. The Bertz CT molecular complexity index is 123. The summed E-state index contributed by atoms with van der Waals surface area (Å²) in [5, 5.41) is 17.4. The van der Waals surface area contributed by atoms with Crippen LogP contribution in [0.5, 0.6) is 0 Å². The van der Waals surface area contributed by atoms with E-state index in [9.17, 15) is 4.39 Å². The minimum Gasteiger partial charge on any atom is -0.394 e. The first-order valence-corrected chi connectivity index (χ1v) is 3.01. The summed E-state index contributed by atoms with van der Waals surface area (Å²) in [5.41, 5.74) is 0. The molecule has 0 aromatic rings. The van der Waals surface area contributed by atoms with Gasteiger partial charge in [-0.15, -0.1) is 0 Å². The fourth-order valence-electron chi connectivity index (χ4n) is 0.908. The van der Waals surface area contributed by atoms with E-state index in [0.717, 1.165) is 0 Å². The normalized spacial score (nSPS) is 47.9. The van der Waals surface area contributed by atoms with Gasteiger partial charge in [-0.3, -0.25) is 0 Å². The van der Waals surface area contributed by atoms with Crippen LogP contribution in [0.2, 0.25) is 0 Å². The molecule has 0 spiro atoms. The van der Waals surface area contributed by atoms with Gasteiger partial charge in [0.15, 0.2) is 0 Å². The number of aliphatic hydroxyl groups is 2. The maximum Gasteiger partial charge on any atom is 0.146 e. The third-order valence-electron chi connectivity index (χ3n) is 1.53. The molecule has 10 heavy (non-hydrogen) atoms. The molecule has 3 nitrogen and oxygen atoms in total. The summed E-state index contributed by atoms with van der Waals surface area (Å²) in [6, 6.07) is -1.10. The van der Waals surface area contributed by atoms with E-state index in [-0.39, 0.29) is 0 Å². The predicted molar refractivity (Wildman–Crippen MR) is 32.4 cm³/mol. The highest BCUT2D eigenvalue weighted by Gasteiger charge is 2.40. The van der Waals surface area contributed by atoms with Crippen LogP contribution in [0.1, 0.15) is 0 Å². The molecule has 2 radical (unpaired) electrons. The number of aliphatic hydroxyl groups excluding tert-OH is 2. The van der Waals surface area contributed by atoms with E-state index in [1.807, 2.05) is 0 Å². The molecule has 0 saturated carbocycles. The number of halogens is 1. The molecule has 0 amide bonds. The van der Waals surface area contributed by atoms with Gasteiger partial charge in [-0.2, -0.15) is 0 Å². The Morgan fingerprint density at radius 1 is 1.60 bits per heavy atom. The fraction of sp³-hybridized carbons (Fsp3) is 1.00. The van der Waals surface area contributed by atoms with Crippen LogP contribution in [0.15, 0.2) is 0 Å². The minimum absolute atomic E-state index is 0.407. The maximum atomic E-state index is 12.5. The van der Waals surface area contributed by atoms with Crippen molar-refractivity contribution in [3.8, 4) is 0 Å². The van der Waals surface area contributed by atoms with Crippen LogP contribution in [-0.2, 0) is 4.74 Å². The molecule has 1 aliphatic rings. The van der Waals surface area contributed by atoms with Crippen molar-refractivity contribution >= 4 is 7.85 Å². The molecule has 1 rings (SSSR count). The lowest BCUT2D eigenvalue weighted by molar-refractivity contribution is -0.00566. The van der Waals surface area contributed by atoms with Crippen LogP contribution in [0.3, 0.4) is 0 Å². The Labute approximate surface area is 59.2 Å². The van der Waals surface area contributed by atoms with Crippen LogP contribution in [0, 0.1) is 0 Å². The molecule has 0 aromatic carbocycles. The van der Waals surface area contributed by atoms with E-state index < -0.39 is 31.0 Å². The van der Waals surface area contributed by atoms with Gasteiger partial charge in [0.25, 0.3) is 0 Å². The first kappa shape index (κ1) is 7.98. The Morgan fingerprint density at radius 2 is 2.20 bits per heavy atom. The van der Waals surface area contributed by atoms with Gasteiger partial charge in [0.2, 0.25) is 0 Å². The lowest BCUT2D eigenvalue weighted by Gasteiger charge is -2.09. The molecule has 0 aliphatic carbocycles. The van der Waals surface area contributed by atoms with Gasteiger partial charge in [0.1, 0.15) is 26.2 Å². The molecule has 2 unspecified atom stereocenters. The molecule has 1 fully saturated rings. The minimum atomic E-state index is -1.59. The highest BCUT2D eigenvalue weighted by atomic mass is 19.1. The average molecular weight is 146 g/mol. The van der Waals surface area contributed by atoms with Crippen molar-refractivity contribution in [1.82, 2.24) is 0 Å². The highest BCUT2D eigenvalue weighted by molar-refractivity contribution is 6.11. The number of hydrogen-bond acceptors (Lipinski definition) is 3. The molecular weight excluding hydrogens is 138 g/mol. The van der Waals surface area contributed by atoms with Crippen LogP contribution in [0.25, 0.3) is 0 Å². The number of alkyl halides is 1. The Kier molecular flexibility index (Phi) is 2.28. The summed E-state index contributed by atoms with van der Waals surface area (Å²) in [5.74, 6) is 0. The molecule has 4 atom stereocenters. The van der Waals surface area contributed by atoms with Crippen molar-refractivity contribution in [1.29, 1.82) is 0 Å². The standard InChI is InChI=1S/C5H8BFO3/c6-5-3(7)4(9)2(1-8)10-5/h2-5,8-9H,1H2/t2-,3?,4?,5-/m1/s1. The van der Waals surface area contributed by atoms with Gasteiger partial charge in [-0.05, 0) is 0 Å². The van der Waals surface area contributed by atoms with Crippen molar-refractivity contribution in [2.45, 2.75) is 24.4 Å². The molecule has 0 aromatic heterocycles. The second-order valence-electron chi connectivity index (χ2n) is 2.26. The summed E-state index contributed by atoms with van der Waals surface area (Å²) < 4.78 is 17.2. The zero-order valence-corrected chi connectivity index (χ0v) is 5.27. The smallest absolute Gasteiger partial charge is 0.146 e. The first-order valence-electron chi connectivity index (χ1n) is 3.01. The van der Waals surface area contributed by atoms with Crippen molar-refractivity contribution in [3.63, 3.8) is 0 Å². The molecule has 1 saturated heterocycles. The Balaban J connectivity index is 2.53. The third-order valence-corrected chi connectivity index (χ3v) is 1.53. The molecule has 1 aliphatic heterocycles. The SMILES string of the molecule is [B][C@@H]1O[C@H](CO)C(O)C1F.